The lowest BCUT2D eigenvalue weighted by Gasteiger charge is -2.28. The van der Waals surface area contributed by atoms with E-state index in [1.807, 2.05) is 26.8 Å². The topological polar surface area (TPSA) is 94.8 Å². The SMILES string of the molecule is C=C(C=C(Cl)C(=CC)c1cc2cnc(NC3CCOC(C)C3)nc2n(CC)c1=O)c1nccnc1C. The van der Waals surface area contributed by atoms with Crippen LogP contribution in [-0.2, 0) is 11.3 Å². The number of ether oxygens (including phenoxy) is 1. The summed E-state index contributed by atoms with van der Waals surface area (Å²) in [5.41, 5.74) is 3.51. The van der Waals surface area contributed by atoms with Gasteiger partial charge in [0.25, 0.3) is 5.56 Å². The molecular formula is C27H31ClN6O2. The molecule has 0 saturated carbocycles. The highest BCUT2D eigenvalue weighted by Gasteiger charge is 2.21. The first-order valence-electron chi connectivity index (χ1n) is 12.1. The van der Waals surface area contributed by atoms with Gasteiger partial charge in [0.1, 0.15) is 5.65 Å². The molecule has 4 rings (SSSR count). The van der Waals surface area contributed by atoms with Crippen molar-refractivity contribution in [2.24, 2.45) is 0 Å². The zero-order valence-corrected chi connectivity index (χ0v) is 21.8. The van der Waals surface area contributed by atoms with Crippen LogP contribution in [0.4, 0.5) is 5.95 Å². The zero-order valence-electron chi connectivity index (χ0n) is 21.1. The fourth-order valence-electron chi connectivity index (χ4n) is 4.47. The number of nitrogens with one attached hydrogen (secondary N) is 1. The van der Waals surface area contributed by atoms with Gasteiger partial charge >= 0.3 is 0 Å². The fraction of sp³-hybridized carbons (Fsp3) is 0.370. The van der Waals surface area contributed by atoms with Gasteiger partial charge in [0, 0.05) is 59.3 Å². The smallest absolute Gasteiger partial charge is 0.260 e. The van der Waals surface area contributed by atoms with E-state index in [2.05, 4.69) is 33.8 Å². The largest absolute Gasteiger partial charge is 0.378 e. The number of aromatic nitrogens is 5. The molecule has 8 nitrogen and oxygen atoms in total. The van der Waals surface area contributed by atoms with E-state index in [1.165, 1.54) is 0 Å². The summed E-state index contributed by atoms with van der Waals surface area (Å²) in [7, 11) is 0. The first-order valence-corrected chi connectivity index (χ1v) is 12.5. The number of pyridine rings is 1. The molecule has 4 heterocycles. The minimum Gasteiger partial charge on any atom is -0.378 e. The lowest BCUT2D eigenvalue weighted by molar-refractivity contribution is 0.0231. The van der Waals surface area contributed by atoms with Crippen LogP contribution in [-0.4, -0.2) is 43.3 Å². The van der Waals surface area contributed by atoms with Crippen molar-refractivity contribution in [2.75, 3.05) is 11.9 Å². The van der Waals surface area contributed by atoms with Crippen LogP contribution in [0.25, 0.3) is 22.2 Å². The molecule has 36 heavy (non-hydrogen) atoms. The van der Waals surface area contributed by atoms with Crippen molar-refractivity contribution in [1.82, 2.24) is 24.5 Å². The Bertz CT molecular complexity index is 1410. The molecule has 0 aliphatic carbocycles. The summed E-state index contributed by atoms with van der Waals surface area (Å²) in [4.78, 5) is 31.4. The fourth-order valence-corrected chi connectivity index (χ4v) is 4.81. The first-order chi connectivity index (χ1) is 17.3. The minimum atomic E-state index is -0.171. The Labute approximate surface area is 215 Å². The third-order valence-electron chi connectivity index (χ3n) is 6.28. The predicted molar refractivity (Wildman–Crippen MR) is 145 cm³/mol. The highest BCUT2D eigenvalue weighted by atomic mass is 35.5. The molecule has 0 bridgehead atoms. The van der Waals surface area contributed by atoms with E-state index >= 15 is 0 Å². The maximum Gasteiger partial charge on any atom is 0.260 e. The van der Waals surface area contributed by atoms with Crippen LogP contribution in [0.15, 0.2) is 53.2 Å². The van der Waals surface area contributed by atoms with Crippen molar-refractivity contribution >= 4 is 39.7 Å². The van der Waals surface area contributed by atoms with Crippen LogP contribution >= 0.6 is 11.6 Å². The van der Waals surface area contributed by atoms with Crippen molar-refractivity contribution in [3.8, 4) is 0 Å². The molecule has 3 aromatic rings. The van der Waals surface area contributed by atoms with Crippen LogP contribution in [0.3, 0.4) is 0 Å². The summed E-state index contributed by atoms with van der Waals surface area (Å²) in [6.45, 7) is 13.0. The molecule has 2 atom stereocenters. The molecule has 0 spiro atoms. The first kappa shape index (κ1) is 25.7. The van der Waals surface area contributed by atoms with E-state index in [0.717, 1.165) is 23.9 Å². The predicted octanol–water partition coefficient (Wildman–Crippen LogP) is 5.13. The van der Waals surface area contributed by atoms with Crippen molar-refractivity contribution in [2.45, 2.75) is 59.2 Å². The van der Waals surface area contributed by atoms with Gasteiger partial charge in [-0.2, -0.15) is 4.98 Å². The Morgan fingerprint density at radius 3 is 2.81 bits per heavy atom. The van der Waals surface area contributed by atoms with Crippen LogP contribution in [0, 0.1) is 6.92 Å². The van der Waals surface area contributed by atoms with E-state index < -0.39 is 0 Å². The van der Waals surface area contributed by atoms with Gasteiger partial charge in [0.2, 0.25) is 5.95 Å². The van der Waals surface area contributed by atoms with Gasteiger partial charge in [0.15, 0.2) is 0 Å². The highest BCUT2D eigenvalue weighted by Crippen LogP contribution is 2.29. The summed E-state index contributed by atoms with van der Waals surface area (Å²) >= 11 is 6.73. The third-order valence-corrected chi connectivity index (χ3v) is 6.60. The van der Waals surface area contributed by atoms with Crippen molar-refractivity contribution < 1.29 is 4.74 Å². The number of fused-ring (bicyclic) bond motifs is 1. The molecule has 1 aliphatic heterocycles. The Hall–Kier alpha value is -3.36. The molecule has 1 aliphatic rings. The Balaban J connectivity index is 1.70. The molecule has 1 saturated heterocycles. The van der Waals surface area contributed by atoms with E-state index in [1.54, 1.807) is 35.3 Å². The molecule has 0 aromatic carbocycles. The van der Waals surface area contributed by atoms with E-state index in [4.69, 9.17) is 21.3 Å². The monoisotopic (exact) mass is 506 g/mol. The second-order valence-electron chi connectivity index (χ2n) is 8.84. The van der Waals surface area contributed by atoms with E-state index in [0.29, 0.717) is 52.2 Å². The van der Waals surface area contributed by atoms with Gasteiger partial charge in [-0.1, -0.05) is 24.3 Å². The standard InChI is InChI=1S/C27H31ClN6O2/c1-6-21(23(28)12-16(3)24-18(5)29-9-10-30-24)22-14-19-15-31-27(32-20-8-11-36-17(4)13-20)33-25(19)34(7-2)26(22)35/h6,9-10,12,14-15,17,20H,3,7-8,11,13H2,1-2,4-5H3,(H,31,32,33). The second kappa shape index (κ2) is 11.1. The number of hydrogen-bond acceptors (Lipinski definition) is 7. The average molecular weight is 507 g/mol. The molecule has 0 amide bonds. The van der Waals surface area contributed by atoms with Crippen molar-refractivity contribution in [3.63, 3.8) is 0 Å². The number of allylic oxidation sites excluding steroid dienone is 5. The lowest BCUT2D eigenvalue weighted by atomic mass is 10.0. The van der Waals surface area contributed by atoms with Gasteiger partial charge in [-0.3, -0.25) is 19.3 Å². The molecule has 1 N–H and O–H groups in total. The Morgan fingerprint density at radius 2 is 2.11 bits per heavy atom. The molecule has 2 unspecified atom stereocenters. The number of anilines is 1. The summed E-state index contributed by atoms with van der Waals surface area (Å²) in [5, 5.41) is 4.55. The van der Waals surface area contributed by atoms with Gasteiger partial charge in [-0.15, -0.1) is 0 Å². The minimum absolute atomic E-state index is 0.171. The number of halogens is 1. The molecular weight excluding hydrogens is 476 g/mol. The average Bonchev–Trinajstić information content (AvgIpc) is 2.85. The third kappa shape index (κ3) is 5.39. The number of aryl methyl sites for hydroxylation is 2. The quantitative estimate of drug-likeness (QED) is 0.444. The number of rotatable bonds is 7. The van der Waals surface area contributed by atoms with Gasteiger partial charge < -0.3 is 10.1 Å². The highest BCUT2D eigenvalue weighted by molar-refractivity contribution is 6.37. The summed E-state index contributed by atoms with van der Waals surface area (Å²) in [6.07, 6.45) is 10.5. The normalized spacial score (nSPS) is 18.9. The maximum atomic E-state index is 13.6. The van der Waals surface area contributed by atoms with E-state index in [-0.39, 0.29) is 17.7 Å². The van der Waals surface area contributed by atoms with Gasteiger partial charge in [-0.05, 0) is 58.3 Å². The van der Waals surface area contributed by atoms with Crippen LogP contribution in [0.2, 0.25) is 0 Å². The number of hydrogen-bond donors (Lipinski definition) is 1. The van der Waals surface area contributed by atoms with Crippen LogP contribution < -0.4 is 10.9 Å². The Kier molecular flexibility index (Phi) is 7.96. The Morgan fingerprint density at radius 1 is 1.33 bits per heavy atom. The second-order valence-corrected chi connectivity index (χ2v) is 9.24. The molecule has 9 heteroatoms. The van der Waals surface area contributed by atoms with Gasteiger partial charge in [0.05, 0.1) is 17.5 Å². The van der Waals surface area contributed by atoms with Crippen LogP contribution in [0.5, 0.6) is 0 Å². The molecule has 0 radical (unpaired) electrons. The van der Waals surface area contributed by atoms with E-state index in [9.17, 15) is 4.79 Å². The van der Waals surface area contributed by atoms with Crippen molar-refractivity contribution in [3.05, 3.63) is 75.7 Å². The summed E-state index contributed by atoms with van der Waals surface area (Å²) in [5.74, 6) is 0.510. The summed E-state index contributed by atoms with van der Waals surface area (Å²) < 4.78 is 7.28. The molecule has 3 aromatic heterocycles. The van der Waals surface area contributed by atoms with Gasteiger partial charge in [-0.25, -0.2) is 4.98 Å². The molecule has 1 fully saturated rings. The van der Waals surface area contributed by atoms with Crippen molar-refractivity contribution in [1.29, 1.82) is 0 Å². The number of nitrogens with zero attached hydrogens (tertiary/aromatic N) is 5. The van der Waals surface area contributed by atoms with Crippen LogP contribution in [0.1, 0.15) is 50.6 Å². The zero-order chi connectivity index (χ0) is 25.8. The lowest BCUT2D eigenvalue weighted by Crippen LogP contribution is -2.33. The molecule has 188 valence electrons. The maximum absolute atomic E-state index is 13.6. The summed E-state index contributed by atoms with van der Waals surface area (Å²) in [6, 6.07) is 2.03.